The molecule has 120 valence electrons. The van der Waals surface area contributed by atoms with Gasteiger partial charge in [0.25, 0.3) is 0 Å². The zero-order valence-corrected chi connectivity index (χ0v) is 14.9. The number of amides is 1. The fourth-order valence-corrected chi connectivity index (χ4v) is 5.48. The molecule has 0 unspecified atom stereocenters. The fraction of sp³-hybridized carbons (Fsp3) is 0.429. The van der Waals surface area contributed by atoms with Crippen LogP contribution >= 0.6 is 34.4 Å². The first-order valence-electron chi connectivity index (χ1n) is 7.19. The van der Waals surface area contributed by atoms with Crippen LogP contribution < -0.4 is 11.1 Å². The Hall–Kier alpha value is -1.63. The van der Waals surface area contributed by atoms with Gasteiger partial charge in [-0.05, 0) is 38.2 Å². The number of rotatable bonds is 4. The van der Waals surface area contributed by atoms with Crippen LogP contribution in [0, 0.1) is 11.3 Å². The molecule has 2 aromatic heterocycles. The minimum atomic E-state index is -0.340. The molecule has 6 nitrogen and oxygen atoms in total. The molecule has 2 heterocycles. The van der Waals surface area contributed by atoms with Gasteiger partial charge >= 0.3 is 0 Å². The van der Waals surface area contributed by atoms with Crippen molar-refractivity contribution in [3.05, 3.63) is 16.0 Å². The van der Waals surface area contributed by atoms with Gasteiger partial charge in [-0.3, -0.25) is 4.79 Å². The molecular formula is C14H15N5OS3. The first-order valence-corrected chi connectivity index (χ1v) is 9.71. The van der Waals surface area contributed by atoms with E-state index in [-0.39, 0.29) is 11.2 Å². The van der Waals surface area contributed by atoms with E-state index in [1.165, 1.54) is 39.3 Å². The molecule has 1 aliphatic rings. The normalized spacial score (nSPS) is 14.8. The molecule has 0 saturated carbocycles. The van der Waals surface area contributed by atoms with Crippen LogP contribution in [0.5, 0.6) is 0 Å². The summed E-state index contributed by atoms with van der Waals surface area (Å²) < 4.78 is 0.663. The number of carbonyl (C=O) groups is 1. The number of aryl methyl sites for hydroxylation is 1. The number of aromatic nitrogens is 2. The molecule has 23 heavy (non-hydrogen) atoms. The molecule has 0 aliphatic heterocycles. The van der Waals surface area contributed by atoms with Crippen molar-refractivity contribution in [2.45, 2.75) is 42.2 Å². The van der Waals surface area contributed by atoms with Crippen molar-refractivity contribution in [2.75, 3.05) is 11.1 Å². The molecule has 0 fully saturated rings. The highest BCUT2D eigenvalue weighted by atomic mass is 32.2. The lowest BCUT2D eigenvalue weighted by molar-refractivity contribution is -0.115. The van der Waals surface area contributed by atoms with Crippen molar-refractivity contribution in [1.29, 1.82) is 5.26 Å². The topological polar surface area (TPSA) is 105 Å². The number of hydrogen-bond acceptors (Lipinski definition) is 8. The highest BCUT2D eigenvalue weighted by Gasteiger charge is 2.24. The predicted octanol–water partition coefficient (Wildman–Crippen LogP) is 3.05. The van der Waals surface area contributed by atoms with Gasteiger partial charge < -0.3 is 11.1 Å². The lowest BCUT2D eigenvalue weighted by Crippen LogP contribution is -2.22. The van der Waals surface area contributed by atoms with Gasteiger partial charge in [0.1, 0.15) is 11.1 Å². The first kappa shape index (κ1) is 16.2. The second-order valence-electron chi connectivity index (χ2n) is 5.18. The Morgan fingerprint density at radius 1 is 1.39 bits per heavy atom. The largest absolute Gasteiger partial charge is 0.374 e. The van der Waals surface area contributed by atoms with Crippen molar-refractivity contribution in [3.63, 3.8) is 0 Å². The Kier molecular flexibility index (Phi) is 4.84. The van der Waals surface area contributed by atoms with Crippen LogP contribution in [-0.2, 0) is 17.6 Å². The maximum absolute atomic E-state index is 12.4. The van der Waals surface area contributed by atoms with E-state index in [1.807, 2.05) is 0 Å². The van der Waals surface area contributed by atoms with Crippen LogP contribution in [0.15, 0.2) is 4.34 Å². The Balaban J connectivity index is 1.72. The van der Waals surface area contributed by atoms with Crippen molar-refractivity contribution < 1.29 is 4.79 Å². The summed E-state index contributed by atoms with van der Waals surface area (Å²) in [6.07, 6.45) is 4.19. The molecule has 1 amide bonds. The summed E-state index contributed by atoms with van der Waals surface area (Å²) in [5, 5.41) is 20.7. The number of carbonyl (C=O) groups excluding carboxylic acids is 1. The molecule has 0 spiro atoms. The summed E-state index contributed by atoms with van der Waals surface area (Å²) >= 11 is 4.11. The number of nitriles is 1. The van der Waals surface area contributed by atoms with E-state index in [4.69, 9.17) is 5.73 Å². The van der Waals surface area contributed by atoms with Gasteiger partial charge in [0.2, 0.25) is 11.0 Å². The number of nitrogens with one attached hydrogen (secondary N) is 1. The van der Waals surface area contributed by atoms with Crippen molar-refractivity contribution in [3.8, 4) is 6.07 Å². The molecule has 1 aliphatic carbocycles. The summed E-state index contributed by atoms with van der Waals surface area (Å²) in [5.41, 5.74) is 7.30. The smallest absolute Gasteiger partial charge is 0.238 e. The zero-order chi connectivity index (χ0) is 16.4. The lowest BCUT2D eigenvalue weighted by atomic mass is 9.96. The van der Waals surface area contributed by atoms with E-state index >= 15 is 0 Å². The maximum atomic E-state index is 12.4. The third kappa shape index (κ3) is 3.49. The molecule has 3 rings (SSSR count). The van der Waals surface area contributed by atoms with Crippen LogP contribution in [-0.4, -0.2) is 21.4 Å². The van der Waals surface area contributed by atoms with Crippen LogP contribution in [0.3, 0.4) is 0 Å². The highest BCUT2D eigenvalue weighted by molar-refractivity contribution is 8.02. The van der Waals surface area contributed by atoms with Crippen LogP contribution in [0.25, 0.3) is 0 Å². The summed E-state index contributed by atoms with van der Waals surface area (Å²) in [6.45, 7) is 1.80. The van der Waals surface area contributed by atoms with Gasteiger partial charge in [0.15, 0.2) is 4.34 Å². The van der Waals surface area contributed by atoms with E-state index in [1.54, 1.807) is 6.92 Å². The second-order valence-corrected chi connectivity index (χ2v) is 8.88. The van der Waals surface area contributed by atoms with Gasteiger partial charge in [-0.25, -0.2) is 0 Å². The monoisotopic (exact) mass is 365 g/mol. The minimum Gasteiger partial charge on any atom is -0.374 e. The van der Waals surface area contributed by atoms with Crippen LogP contribution in [0.2, 0.25) is 0 Å². The molecule has 0 saturated heterocycles. The molecule has 2 aromatic rings. The third-order valence-electron chi connectivity index (χ3n) is 3.59. The van der Waals surface area contributed by atoms with Gasteiger partial charge in [0.05, 0.1) is 10.8 Å². The van der Waals surface area contributed by atoms with E-state index in [0.717, 1.165) is 31.2 Å². The Bertz CT molecular complexity index is 776. The van der Waals surface area contributed by atoms with Gasteiger partial charge in [-0.15, -0.1) is 21.5 Å². The van der Waals surface area contributed by atoms with Gasteiger partial charge in [-0.1, -0.05) is 23.1 Å². The average Bonchev–Trinajstić information content (AvgIpc) is 3.09. The maximum Gasteiger partial charge on any atom is 0.238 e. The van der Waals surface area contributed by atoms with Gasteiger partial charge in [-0.2, -0.15) is 5.26 Å². The number of thiophene rings is 1. The van der Waals surface area contributed by atoms with Gasteiger partial charge in [0, 0.05) is 4.88 Å². The number of hydrogen-bond donors (Lipinski definition) is 2. The molecular weight excluding hydrogens is 350 g/mol. The Morgan fingerprint density at radius 3 is 2.87 bits per heavy atom. The molecule has 0 bridgehead atoms. The van der Waals surface area contributed by atoms with Crippen molar-refractivity contribution in [1.82, 2.24) is 10.2 Å². The quantitative estimate of drug-likeness (QED) is 0.807. The predicted molar refractivity (Wildman–Crippen MR) is 93.9 cm³/mol. The number of fused-ring (bicyclic) bond motifs is 1. The second kappa shape index (κ2) is 6.86. The summed E-state index contributed by atoms with van der Waals surface area (Å²) in [7, 11) is 0. The number of thioether (sulfide) groups is 1. The number of anilines is 2. The summed E-state index contributed by atoms with van der Waals surface area (Å²) in [6, 6.07) is 2.25. The fourth-order valence-electron chi connectivity index (χ4n) is 2.46. The lowest BCUT2D eigenvalue weighted by Gasteiger charge is -2.10. The van der Waals surface area contributed by atoms with E-state index < -0.39 is 0 Å². The van der Waals surface area contributed by atoms with Crippen molar-refractivity contribution >= 4 is 50.5 Å². The summed E-state index contributed by atoms with van der Waals surface area (Å²) in [4.78, 5) is 13.6. The highest BCUT2D eigenvalue weighted by Crippen LogP contribution is 2.38. The number of nitrogens with two attached hydrogens (primary N) is 1. The van der Waals surface area contributed by atoms with Crippen LogP contribution in [0.4, 0.5) is 10.1 Å². The van der Waals surface area contributed by atoms with Crippen molar-refractivity contribution in [2.24, 2.45) is 0 Å². The SMILES string of the molecule is C[C@@H](Sc1nnc(N)s1)C(=O)Nc1sc2c(c1C#N)CCCC2. The van der Waals surface area contributed by atoms with E-state index in [2.05, 4.69) is 21.6 Å². The first-order chi connectivity index (χ1) is 11.1. The Labute approximate surface area is 146 Å². The van der Waals surface area contributed by atoms with E-state index in [9.17, 15) is 10.1 Å². The molecule has 9 heteroatoms. The Morgan fingerprint density at radius 2 is 2.17 bits per heavy atom. The summed E-state index contributed by atoms with van der Waals surface area (Å²) in [5.74, 6) is -0.140. The standard InChI is InChI=1S/C14H15N5OS3/c1-7(21-14-19-18-13(16)23-14)11(20)17-12-9(6-15)8-4-2-3-5-10(8)22-12/h7H,2-5H2,1H3,(H2,16,18)(H,17,20)/t7-/m1/s1. The number of nitrogen functional groups attached to an aromatic ring is 1. The molecule has 1 atom stereocenters. The van der Waals surface area contributed by atoms with Crippen LogP contribution in [0.1, 0.15) is 35.8 Å². The molecule has 0 radical (unpaired) electrons. The minimum absolute atomic E-state index is 0.140. The third-order valence-corrected chi connectivity index (χ3v) is 6.73. The average molecular weight is 366 g/mol. The van der Waals surface area contributed by atoms with E-state index in [0.29, 0.717) is 20.0 Å². The molecule has 3 N–H and O–H groups in total. The molecule has 0 aromatic carbocycles. The number of nitrogens with zero attached hydrogens (tertiary/aromatic N) is 3. The zero-order valence-electron chi connectivity index (χ0n) is 12.5.